The number of carbonyl (C=O) groups is 1. The largest absolute Gasteiger partial charge is 0.472 e. The number of rotatable bonds is 5. The predicted octanol–water partition coefficient (Wildman–Crippen LogP) is 0.0951. The van der Waals surface area contributed by atoms with E-state index in [-0.39, 0.29) is 25.0 Å². The summed E-state index contributed by atoms with van der Waals surface area (Å²) in [6.07, 6.45) is 4.81. The number of ether oxygens (including phenoxy) is 1. The molecule has 0 bridgehead atoms. The summed E-state index contributed by atoms with van der Waals surface area (Å²) in [7, 11) is 0. The van der Waals surface area contributed by atoms with Crippen LogP contribution in [0.25, 0.3) is 0 Å². The molecule has 1 fully saturated rings. The van der Waals surface area contributed by atoms with Gasteiger partial charge in [0.25, 0.3) is 5.56 Å². The molecule has 2 aromatic heterocycles. The summed E-state index contributed by atoms with van der Waals surface area (Å²) in [5.74, 6) is 1.10. The fraction of sp³-hybridized carbons (Fsp3) is 0.471. The first-order chi connectivity index (χ1) is 12.5. The van der Waals surface area contributed by atoms with E-state index in [1.165, 1.54) is 16.8 Å². The lowest BCUT2D eigenvalue weighted by atomic mass is 10.1. The van der Waals surface area contributed by atoms with Gasteiger partial charge in [0, 0.05) is 44.0 Å². The van der Waals surface area contributed by atoms with E-state index in [4.69, 9.17) is 4.74 Å². The number of hydrogen-bond donors (Lipinski definition) is 1. The van der Waals surface area contributed by atoms with Gasteiger partial charge in [0.1, 0.15) is 11.9 Å². The minimum absolute atomic E-state index is 0.0460. The van der Waals surface area contributed by atoms with Crippen molar-refractivity contribution in [3.8, 4) is 5.88 Å². The minimum Gasteiger partial charge on any atom is -0.472 e. The van der Waals surface area contributed by atoms with Gasteiger partial charge in [0.15, 0.2) is 0 Å². The molecule has 0 spiro atoms. The summed E-state index contributed by atoms with van der Waals surface area (Å²) in [4.78, 5) is 47.4. The third kappa shape index (κ3) is 4.56. The SMILES string of the molecule is Cc1nccc(OC2CCCN(C(=O)CCn3ccc(=O)[nH]c3=O)C2)n1. The Kier molecular flexibility index (Phi) is 5.45. The maximum atomic E-state index is 12.5. The molecule has 1 N–H and O–H groups in total. The number of nitrogens with zero attached hydrogens (tertiary/aromatic N) is 4. The Labute approximate surface area is 149 Å². The second-order valence-electron chi connectivity index (χ2n) is 6.22. The quantitative estimate of drug-likeness (QED) is 0.810. The average molecular weight is 359 g/mol. The van der Waals surface area contributed by atoms with Gasteiger partial charge in [0.05, 0.1) is 6.54 Å². The third-order valence-electron chi connectivity index (χ3n) is 4.23. The number of aromatic amines is 1. The Morgan fingerprint density at radius 1 is 1.38 bits per heavy atom. The normalized spacial score (nSPS) is 17.1. The van der Waals surface area contributed by atoms with Crippen molar-refractivity contribution in [2.75, 3.05) is 13.1 Å². The molecule has 0 radical (unpaired) electrons. The summed E-state index contributed by atoms with van der Waals surface area (Å²) in [5, 5.41) is 0. The lowest BCUT2D eigenvalue weighted by Gasteiger charge is -2.32. The maximum Gasteiger partial charge on any atom is 0.328 e. The number of piperidine rings is 1. The summed E-state index contributed by atoms with van der Waals surface area (Å²) in [6, 6.07) is 2.97. The van der Waals surface area contributed by atoms with Gasteiger partial charge in [-0.15, -0.1) is 0 Å². The summed E-state index contributed by atoms with van der Waals surface area (Å²) in [5.41, 5.74) is -0.960. The molecule has 1 atom stereocenters. The number of H-pyrrole nitrogens is 1. The number of nitrogens with one attached hydrogen (secondary N) is 1. The van der Waals surface area contributed by atoms with Crippen LogP contribution in [0.1, 0.15) is 25.1 Å². The Bertz CT molecular complexity index is 891. The lowest BCUT2D eigenvalue weighted by Crippen LogP contribution is -2.45. The fourth-order valence-electron chi connectivity index (χ4n) is 2.93. The van der Waals surface area contributed by atoms with Gasteiger partial charge in [0.2, 0.25) is 11.8 Å². The molecule has 1 aliphatic rings. The molecule has 9 nitrogen and oxygen atoms in total. The van der Waals surface area contributed by atoms with Crippen molar-refractivity contribution < 1.29 is 9.53 Å². The Morgan fingerprint density at radius 2 is 2.23 bits per heavy atom. The summed E-state index contributed by atoms with van der Waals surface area (Å²) < 4.78 is 7.19. The number of aromatic nitrogens is 4. The van der Waals surface area contributed by atoms with Crippen LogP contribution >= 0.6 is 0 Å². The van der Waals surface area contributed by atoms with Crippen molar-refractivity contribution in [1.29, 1.82) is 0 Å². The molecule has 138 valence electrons. The molecule has 3 heterocycles. The van der Waals surface area contributed by atoms with Gasteiger partial charge in [-0.05, 0) is 19.8 Å². The summed E-state index contributed by atoms with van der Waals surface area (Å²) >= 11 is 0. The zero-order valence-corrected chi connectivity index (χ0v) is 14.6. The van der Waals surface area contributed by atoms with Crippen LogP contribution in [0.4, 0.5) is 0 Å². The molecule has 1 unspecified atom stereocenters. The monoisotopic (exact) mass is 359 g/mol. The van der Waals surface area contributed by atoms with E-state index in [2.05, 4.69) is 15.0 Å². The Morgan fingerprint density at radius 3 is 3.00 bits per heavy atom. The fourth-order valence-corrected chi connectivity index (χ4v) is 2.93. The van der Waals surface area contributed by atoms with Crippen LogP contribution in [0, 0.1) is 6.92 Å². The molecule has 1 aliphatic heterocycles. The van der Waals surface area contributed by atoms with E-state index in [0.29, 0.717) is 24.8 Å². The van der Waals surface area contributed by atoms with Crippen LogP contribution in [0.5, 0.6) is 5.88 Å². The standard InChI is InChI=1S/C17H21N5O4/c1-12-18-7-4-15(19-12)26-13-3-2-8-22(11-13)16(24)6-10-21-9-5-14(23)20-17(21)25/h4-5,7,9,13H,2-3,6,8,10-11H2,1H3,(H,20,23,25). The van der Waals surface area contributed by atoms with Crippen LogP contribution in [0.3, 0.4) is 0 Å². The van der Waals surface area contributed by atoms with E-state index in [0.717, 1.165) is 12.8 Å². The molecular weight excluding hydrogens is 338 g/mol. The van der Waals surface area contributed by atoms with Gasteiger partial charge in [-0.2, -0.15) is 4.98 Å². The first-order valence-electron chi connectivity index (χ1n) is 8.55. The van der Waals surface area contributed by atoms with E-state index in [9.17, 15) is 14.4 Å². The highest BCUT2D eigenvalue weighted by Gasteiger charge is 2.25. The first kappa shape index (κ1) is 17.8. The second-order valence-corrected chi connectivity index (χ2v) is 6.22. The number of carbonyl (C=O) groups excluding carboxylic acids is 1. The minimum atomic E-state index is -0.510. The lowest BCUT2D eigenvalue weighted by molar-refractivity contribution is -0.134. The smallest absolute Gasteiger partial charge is 0.328 e. The molecule has 0 aliphatic carbocycles. The topological polar surface area (TPSA) is 110 Å². The highest BCUT2D eigenvalue weighted by Crippen LogP contribution is 2.17. The molecule has 0 aromatic carbocycles. The van der Waals surface area contributed by atoms with Gasteiger partial charge in [-0.1, -0.05) is 0 Å². The van der Waals surface area contributed by atoms with Crippen LogP contribution in [0.15, 0.2) is 34.1 Å². The van der Waals surface area contributed by atoms with Crippen molar-refractivity contribution in [3.63, 3.8) is 0 Å². The van der Waals surface area contributed by atoms with Crippen LogP contribution in [0.2, 0.25) is 0 Å². The zero-order chi connectivity index (χ0) is 18.5. The van der Waals surface area contributed by atoms with Crippen molar-refractivity contribution in [2.45, 2.75) is 38.8 Å². The summed E-state index contributed by atoms with van der Waals surface area (Å²) in [6.45, 7) is 3.17. The van der Waals surface area contributed by atoms with E-state index < -0.39 is 11.2 Å². The first-order valence-corrected chi connectivity index (χ1v) is 8.55. The molecule has 3 rings (SSSR count). The van der Waals surface area contributed by atoms with Gasteiger partial charge >= 0.3 is 5.69 Å². The van der Waals surface area contributed by atoms with Crippen molar-refractivity contribution in [2.24, 2.45) is 0 Å². The van der Waals surface area contributed by atoms with Crippen molar-refractivity contribution in [3.05, 3.63) is 51.2 Å². The Hall–Kier alpha value is -2.97. The molecule has 9 heteroatoms. The molecule has 0 saturated carbocycles. The molecule has 1 amide bonds. The van der Waals surface area contributed by atoms with E-state index in [1.807, 2.05) is 0 Å². The number of likely N-dealkylation sites (tertiary alicyclic amines) is 1. The maximum absolute atomic E-state index is 12.5. The molecular formula is C17H21N5O4. The highest BCUT2D eigenvalue weighted by atomic mass is 16.5. The predicted molar refractivity (Wildman–Crippen MR) is 92.9 cm³/mol. The van der Waals surface area contributed by atoms with Crippen LogP contribution in [-0.4, -0.2) is 49.5 Å². The molecule has 26 heavy (non-hydrogen) atoms. The van der Waals surface area contributed by atoms with E-state index in [1.54, 1.807) is 24.1 Å². The average Bonchev–Trinajstić information content (AvgIpc) is 2.61. The molecule has 2 aromatic rings. The van der Waals surface area contributed by atoms with Crippen molar-refractivity contribution >= 4 is 5.91 Å². The van der Waals surface area contributed by atoms with Gasteiger partial charge < -0.3 is 14.2 Å². The highest BCUT2D eigenvalue weighted by molar-refractivity contribution is 5.76. The third-order valence-corrected chi connectivity index (χ3v) is 4.23. The van der Waals surface area contributed by atoms with Gasteiger partial charge in [-0.3, -0.25) is 14.6 Å². The zero-order valence-electron chi connectivity index (χ0n) is 14.6. The van der Waals surface area contributed by atoms with Gasteiger partial charge in [-0.25, -0.2) is 9.78 Å². The Balaban J connectivity index is 1.55. The van der Waals surface area contributed by atoms with E-state index >= 15 is 0 Å². The number of hydrogen-bond acceptors (Lipinski definition) is 6. The second kappa shape index (κ2) is 7.94. The number of amides is 1. The molecule has 1 saturated heterocycles. The van der Waals surface area contributed by atoms with Crippen LogP contribution in [-0.2, 0) is 11.3 Å². The van der Waals surface area contributed by atoms with Crippen molar-refractivity contribution in [1.82, 2.24) is 24.4 Å². The number of aryl methyl sites for hydroxylation is 2. The van der Waals surface area contributed by atoms with Crippen LogP contribution < -0.4 is 16.0 Å².